The third-order valence-electron chi connectivity index (χ3n) is 4.32. The topological polar surface area (TPSA) is 84.9 Å². The summed E-state index contributed by atoms with van der Waals surface area (Å²) in [6.45, 7) is 1.66. The van der Waals surface area contributed by atoms with E-state index in [1.54, 1.807) is 0 Å². The fourth-order valence-corrected chi connectivity index (χ4v) is 2.88. The molecule has 2 aromatic rings. The van der Waals surface area contributed by atoms with E-state index in [1.807, 2.05) is 42.5 Å². The normalized spacial score (nSPS) is 10.6. The molecule has 0 aliphatic rings. The van der Waals surface area contributed by atoms with Gasteiger partial charge in [0.25, 0.3) is 0 Å². The van der Waals surface area contributed by atoms with Gasteiger partial charge in [0, 0.05) is 23.6 Å². The lowest BCUT2D eigenvalue weighted by Gasteiger charge is -2.14. The Morgan fingerprint density at radius 3 is 2.48 bits per heavy atom. The van der Waals surface area contributed by atoms with E-state index in [9.17, 15) is 9.59 Å². The Bertz CT molecular complexity index is 807. The molecule has 0 spiro atoms. The van der Waals surface area contributed by atoms with Crippen molar-refractivity contribution in [3.8, 4) is 5.75 Å². The van der Waals surface area contributed by atoms with Crippen LogP contribution in [0, 0.1) is 0 Å². The number of benzene rings is 2. The quantitative estimate of drug-likeness (QED) is 0.400. The highest BCUT2D eigenvalue weighted by atomic mass is 35.5. The average Bonchev–Trinajstić information content (AvgIpc) is 2.70. The predicted octanol–water partition coefficient (Wildman–Crippen LogP) is 3.98. The molecule has 0 bridgehead atoms. The number of aliphatic carboxylic acids is 1. The number of carboxylic acids is 1. The first-order chi connectivity index (χ1) is 14.0. The summed E-state index contributed by atoms with van der Waals surface area (Å²) in [5, 5.41) is 12.7. The van der Waals surface area contributed by atoms with Gasteiger partial charge in [-0.2, -0.15) is 0 Å². The monoisotopic (exact) mass is 419 g/mol. The number of carboxylic acid groups (broad SMARTS) is 1. The molecule has 2 N–H and O–H groups in total. The van der Waals surface area contributed by atoms with Crippen LogP contribution in [0.5, 0.6) is 5.75 Å². The Labute approximate surface area is 175 Å². The highest BCUT2D eigenvalue weighted by Gasteiger charge is 2.09. The van der Waals surface area contributed by atoms with E-state index in [2.05, 4.69) is 5.32 Å². The first-order valence-electron chi connectivity index (χ1n) is 9.46. The molecule has 0 amide bonds. The largest absolute Gasteiger partial charge is 0.489 e. The van der Waals surface area contributed by atoms with Crippen LogP contribution in [-0.2, 0) is 33.9 Å². The van der Waals surface area contributed by atoms with Crippen LogP contribution in [0.3, 0.4) is 0 Å². The molecule has 7 heteroatoms. The van der Waals surface area contributed by atoms with Gasteiger partial charge in [0.05, 0.1) is 13.5 Å². The van der Waals surface area contributed by atoms with Gasteiger partial charge < -0.3 is 19.9 Å². The van der Waals surface area contributed by atoms with Crippen molar-refractivity contribution in [3.63, 3.8) is 0 Å². The highest BCUT2D eigenvalue weighted by molar-refractivity contribution is 6.30. The van der Waals surface area contributed by atoms with Crippen molar-refractivity contribution in [1.29, 1.82) is 0 Å². The highest BCUT2D eigenvalue weighted by Crippen LogP contribution is 2.22. The summed E-state index contributed by atoms with van der Waals surface area (Å²) in [6, 6.07) is 13.1. The van der Waals surface area contributed by atoms with Gasteiger partial charge in [0.1, 0.15) is 12.4 Å². The molecule has 0 aliphatic carbocycles. The molecule has 0 aromatic heterocycles. The summed E-state index contributed by atoms with van der Waals surface area (Å²) in [6.07, 6.45) is 1.77. The van der Waals surface area contributed by atoms with Crippen LogP contribution in [0.25, 0.3) is 0 Å². The van der Waals surface area contributed by atoms with Crippen LogP contribution < -0.4 is 10.1 Å². The number of esters is 1. The lowest BCUT2D eigenvalue weighted by atomic mass is 10.1. The lowest BCUT2D eigenvalue weighted by Crippen LogP contribution is -2.16. The number of hydrogen-bond acceptors (Lipinski definition) is 5. The van der Waals surface area contributed by atoms with Gasteiger partial charge in [-0.05, 0) is 48.7 Å². The van der Waals surface area contributed by atoms with E-state index in [-0.39, 0.29) is 18.8 Å². The predicted molar refractivity (Wildman–Crippen MR) is 111 cm³/mol. The summed E-state index contributed by atoms with van der Waals surface area (Å²) in [5.41, 5.74) is 2.78. The van der Waals surface area contributed by atoms with E-state index in [1.165, 1.54) is 7.11 Å². The average molecular weight is 420 g/mol. The molecule has 0 aliphatic heterocycles. The molecular weight excluding hydrogens is 394 g/mol. The van der Waals surface area contributed by atoms with Crippen molar-refractivity contribution in [2.75, 3.05) is 13.7 Å². The van der Waals surface area contributed by atoms with Gasteiger partial charge in [-0.3, -0.25) is 9.59 Å². The first-order valence-corrected chi connectivity index (χ1v) is 9.84. The lowest BCUT2D eigenvalue weighted by molar-refractivity contribution is -0.140. The summed E-state index contributed by atoms with van der Waals surface area (Å²) < 4.78 is 10.7. The number of rotatable bonds is 12. The van der Waals surface area contributed by atoms with Crippen molar-refractivity contribution in [2.24, 2.45) is 0 Å². The standard InChI is InChI=1S/C22H26ClNO5/c1-28-22(27)13-17-7-10-20(29-15-16-5-8-19(23)9-6-16)18(12-17)14-24-11-3-2-4-21(25)26/h5-10,12,24H,2-4,11,13-15H2,1H3,(H,25,26). The van der Waals surface area contributed by atoms with E-state index < -0.39 is 5.97 Å². The third kappa shape index (κ3) is 8.54. The van der Waals surface area contributed by atoms with Crippen LogP contribution in [0.4, 0.5) is 0 Å². The Morgan fingerprint density at radius 2 is 1.79 bits per heavy atom. The zero-order valence-corrected chi connectivity index (χ0v) is 17.2. The van der Waals surface area contributed by atoms with Gasteiger partial charge in [-0.25, -0.2) is 0 Å². The number of ether oxygens (including phenoxy) is 2. The molecule has 0 unspecified atom stereocenters. The van der Waals surface area contributed by atoms with E-state index >= 15 is 0 Å². The molecule has 0 saturated heterocycles. The Balaban J connectivity index is 1.99. The van der Waals surface area contributed by atoms with E-state index in [0.717, 1.165) is 28.9 Å². The molecule has 0 heterocycles. The van der Waals surface area contributed by atoms with Crippen LogP contribution >= 0.6 is 11.6 Å². The third-order valence-corrected chi connectivity index (χ3v) is 4.57. The Hall–Kier alpha value is -2.57. The SMILES string of the molecule is COC(=O)Cc1ccc(OCc2ccc(Cl)cc2)c(CNCCCCC(=O)O)c1. The maximum Gasteiger partial charge on any atom is 0.309 e. The second-order valence-electron chi connectivity index (χ2n) is 6.64. The molecule has 2 rings (SSSR count). The van der Waals surface area contributed by atoms with E-state index in [0.29, 0.717) is 31.1 Å². The molecule has 6 nitrogen and oxygen atoms in total. The number of unbranched alkanes of at least 4 members (excludes halogenated alkanes) is 1. The molecule has 0 radical (unpaired) electrons. The smallest absolute Gasteiger partial charge is 0.309 e. The maximum absolute atomic E-state index is 11.6. The maximum atomic E-state index is 11.6. The van der Waals surface area contributed by atoms with Gasteiger partial charge in [0.15, 0.2) is 0 Å². The molecule has 0 atom stereocenters. The minimum absolute atomic E-state index is 0.172. The number of halogens is 1. The fraction of sp³-hybridized carbons (Fsp3) is 0.364. The van der Waals surface area contributed by atoms with Gasteiger partial charge in [-0.1, -0.05) is 35.9 Å². The first kappa shape index (κ1) is 22.7. The molecular formula is C22H26ClNO5. The van der Waals surface area contributed by atoms with E-state index in [4.69, 9.17) is 26.2 Å². The molecule has 0 saturated carbocycles. The number of hydrogen-bond donors (Lipinski definition) is 2. The Morgan fingerprint density at radius 1 is 1.07 bits per heavy atom. The van der Waals surface area contributed by atoms with Crippen LogP contribution in [0.15, 0.2) is 42.5 Å². The minimum Gasteiger partial charge on any atom is -0.489 e. The van der Waals surface area contributed by atoms with Gasteiger partial charge >= 0.3 is 11.9 Å². The molecule has 156 valence electrons. The summed E-state index contributed by atoms with van der Waals surface area (Å²) in [4.78, 5) is 22.1. The van der Waals surface area contributed by atoms with Crippen molar-refractivity contribution in [1.82, 2.24) is 5.32 Å². The van der Waals surface area contributed by atoms with Crippen molar-refractivity contribution in [2.45, 2.75) is 38.8 Å². The second kappa shape index (κ2) is 12.1. The van der Waals surface area contributed by atoms with Crippen LogP contribution in [-0.4, -0.2) is 30.7 Å². The number of methoxy groups -OCH3 is 1. The zero-order chi connectivity index (χ0) is 21.1. The number of carbonyl (C=O) groups is 2. The summed E-state index contributed by atoms with van der Waals surface area (Å²) in [5.74, 6) is -0.350. The van der Waals surface area contributed by atoms with Crippen molar-refractivity contribution >= 4 is 23.5 Å². The fourth-order valence-electron chi connectivity index (χ4n) is 2.75. The molecule has 29 heavy (non-hydrogen) atoms. The zero-order valence-electron chi connectivity index (χ0n) is 16.4. The molecule has 2 aromatic carbocycles. The van der Waals surface area contributed by atoms with Crippen molar-refractivity contribution < 1.29 is 24.2 Å². The summed E-state index contributed by atoms with van der Waals surface area (Å²) in [7, 11) is 1.37. The summed E-state index contributed by atoms with van der Waals surface area (Å²) >= 11 is 5.92. The van der Waals surface area contributed by atoms with Crippen LogP contribution in [0.1, 0.15) is 36.0 Å². The second-order valence-corrected chi connectivity index (χ2v) is 7.07. The Kier molecular flexibility index (Phi) is 9.47. The number of nitrogens with one attached hydrogen (secondary N) is 1. The van der Waals surface area contributed by atoms with Gasteiger partial charge in [-0.15, -0.1) is 0 Å². The van der Waals surface area contributed by atoms with Crippen LogP contribution in [0.2, 0.25) is 5.02 Å². The minimum atomic E-state index is -0.779. The molecule has 0 fully saturated rings. The van der Waals surface area contributed by atoms with Crippen molar-refractivity contribution in [3.05, 3.63) is 64.2 Å². The number of carbonyl (C=O) groups excluding carboxylic acids is 1. The van der Waals surface area contributed by atoms with Gasteiger partial charge in [0.2, 0.25) is 0 Å².